The Balaban J connectivity index is 2.74. The van der Waals surface area contributed by atoms with E-state index in [0.717, 1.165) is 5.17 Å². The number of fused-ring (bicyclic) bond motifs is 1. The molecule has 0 atom stereocenters. The lowest BCUT2D eigenvalue weighted by Gasteiger charge is -2.25. The number of nitrogen functional groups attached to an aromatic ring is 4. The summed E-state index contributed by atoms with van der Waals surface area (Å²) in [4.78, 5) is 0. The molecular weight excluding hydrogens is 196 g/mol. The summed E-state index contributed by atoms with van der Waals surface area (Å²) < 4.78 is 0. The van der Waals surface area contributed by atoms with Gasteiger partial charge in [0, 0.05) is 5.56 Å². The Hall–Kier alpha value is -2.28. The number of anilines is 5. The van der Waals surface area contributed by atoms with Crippen LogP contribution in [-0.4, -0.2) is 10.4 Å². The van der Waals surface area contributed by atoms with Crippen LogP contribution in [0.2, 0.25) is 0 Å². The van der Waals surface area contributed by atoms with Crippen molar-refractivity contribution in [3.05, 3.63) is 11.8 Å². The van der Waals surface area contributed by atoms with Crippen LogP contribution < -0.4 is 28.4 Å². The van der Waals surface area contributed by atoms with E-state index in [0.29, 0.717) is 16.9 Å². The van der Waals surface area contributed by atoms with Crippen molar-refractivity contribution in [2.24, 2.45) is 0 Å². The summed E-state index contributed by atoms with van der Waals surface area (Å²) >= 11 is 0. The van der Waals surface area contributed by atoms with E-state index in [4.69, 9.17) is 22.9 Å². The predicted octanol–water partition coefficient (Wildman–Crippen LogP) is 0.0178. The number of nitrogens with one attached hydrogen (secondary N) is 1. The van der Waals surface area contributed by atoms with Gasteiger partial charge in [0.2, 0.25) is 0 Å². The standard InChI is InChI=1S/C8H12N6O/c9-4-3-1-2-14(15)13-8(3)7(12)6(11)5(4)10/h1-2,13,15H,9-12H2. The fourth-order valence-electron chi connectivity index (χ4n) is 1.44. The van der Waals surface area contributed by atoms with Gasteiger partial charge in [-0.05, 0) is 6.08 Å². The molecule has 80 valence electrons. The minimum Gasteiger partial charge on any atom is -0.396 e. The molecule has 1 heterocycles. The minimum absolute atomic E-state index is 0.211. The molecule has 0 aliphatic carbocycles. The third kappa shape index (κ3) is 1.17. The van der Waals surface area contributed by atoms with Crippen LogP contribution in [0.3, 0.4) is 0 Å². The Labute approximate surface area is 85.9 Å². The van der Waals surface area contributed by atoms with Gasteiger partial charge in [0.05, 0.1) is 34.6 Å². The van der Waals surface area contributed by atoms with Crippen molar-refractivity contribution in [1.29, 1.82) is 0 Å². The first-order valence-electron chi connectivity index (χ1n) is 4.21. The zero-order valence-corrected chi connectivity index (χ0v) is 7.86. The van der Waals surface area contributed by atoms with Gasteiger partial charge in [0.25, 0.3) is 0 Å². The smallest absolute Gasteiger partial charge is 0.0911 e. The van der Waals surface area contributed by atoms with Gasteiger partial charge in [-0.25, -0.2) is 0 Å². The number of benzene rings is 1. The molecule has 0 fully saturated rings. The lowest BCUT2D eigenvalue weighted by atomic mass is 10.0. The molecule has 0 spiro atoms. The van der Waals surface area contributed by atoms with Crippen LogP contribution in [-0.2, 0) is 0 Å². The van der Waals surface area contributed by atoms with Crippen molar-refractivity contribution < 1.29 is 5.21 Å². The summed E-state index contributed by atoms with van der Waals surface area (Å²) in [5.74, 6) is 0. The van der Waals surface area contributed by atoms with Crippen molar-refractivity contribution in [3.63, 3.8) is 0 Å². The molecule has 0 saturated carbocycles. The van der Waals surface area contributed by atoms with Gasteiger partial charge in [0.15, 0.2) is 0 Å². The number of nitrogens with zero attached hydrogens (tertiary/aromatic N) is 1. The van der Waals surface area contributed by atoms with Gasteiger partial charge in [-0.3, -0.25) is 10.6 Å². The zero-order chi connectivity index (χ0) is 11.2. The third-order valence-electron chi connectivity index (χ3n) is 2.31. The quantitative estimate of drug-likeness (QED) is 0.330. The first-order chi connectivity index (χ1) is 7.02. The molecule has 7 nitrogen and oxygen atoms in total. The van der Waals surface area contributed by atoms with Crippen LogP contribution in [0.5, 0.6) is 0 Å². The van der Waals surface area contributed by atoms with E-state index in [-0.39, 0.29) is 17.1 Å². The minimum atomic E-state index is 0.211. The van der Waals surface area contributed by atoms with E-state index < -0.39 is 0 Å². The van der Waals surface area contributed by atoms with E-state index in [1.807, 2.05) is 0 Å². The second-order valence-corrected chi connectivity index (χ2v) is 3.22. The largest absolute Gasteiger partial charge is 0.396 e. The molecule has 0 amide bonds. The first kappa shape index (κ1) is 9.28. The van der Waals surface area contributed by atoms with Gasteiger partial charge in [-0.2, -0.15) is 5.17 Å². The van der Waals surface area contributed by atoms with Crippen LogP contribution in [0.4, 0.5) is 28.4 Å². The maximum atomic E-state index is 9.20. The third-order valence-corrected chi connectivity index (χ3v) is 2.31. The molecule has 15 heavy (non-hydrogen) atoms. The summed E-state index contributed by atoms with van der Waals surface area (Å²) in [7, 11) is 0. The van der Waals surface area contributed by atoms with Gasteiger partial charge in [-0.1, -0.05) is 0 Å². The van der Waals surface area contributed by atoms with Crippen LogP contribution in [0.1, 0.15) is 5.56 Å². The Morgan fingerprint density at radius 1 is 1.00 bits per heavy atom. The van der Waals surface area contributed by atoms with Crippen LogP contribution in [0.25, 0.3) is 6.08 Å². The number of rotatable bonds is 0. The van der Waals surface area contributed by atoms with E-state index in [1.165, 1.54) is 6.20 Å². The normalized spacial score (nSPS) is 13.5. The van der Waals surface area contributed by atoms with Crippen LogP contribution in [0.15, 0.2) is 6.20 Å². The molecule has 1 aromatic rings. The molecule has 1 aromatic carbocycles. The lowest BCUT2D eigenvalue weighted by molar-refractivity contribution is -0.0140. The lowest BCUT2D eigenvalue weighted by Crippen LogP contribution is -2.25. The molecular formula is C8H12N6O. The molecule has 0 saturated heterocycles. The first-order valence-corrected chi connectivity index (χ1v) is 4.21. The number of hydrogen-bond acceptors (Lipinski definition) is 7. The van der Waals surface area contributed by atoms with Crippen molar-refractivity contribution in [2.75, 3.05) is 28.4 Å². The molecule has 1 aliphatic rings. The van der Waals surface area contributed by atoms with E-state index in [9.17, 15) is 5.21 Å². The van der Waals surface area contributed by atoms with Crippen LogP contribution in [0, 0.1) is 0 Å². The summed E-state index contributed by atoms with van der Waals surface area (Å²) in [5.41, 5.74) is 27.6. The van der Waals surface area contributed by atoms with Crippen molar-refractivity contribution in [2.45, 2.75) is 0 Å². The van der Waals surface area contributed by atoms with E-state index in [1.54, 1.807) is 6.08 Å². The Morgan fingerprint density at radius 2 is 1.60 bits per heavy atom. The van der Waals surface area contributed by atoms with E-state index >= 15 is 0 Å². The van der Waals surface area contributed by atoms with Gasteiger partial charge >= 0.3 is 0 Å². The number of hydrazine groups is 1. The van der Waals surface area contributed by atoms with Crippen molar-refractivity contribution >= 4 is 34.5 Å². The second kappa shape index (κ2) is 2.85. The predicted molar refractivity (Wildman–Crippen MR) is 60.4 cm³/mol. The summed E-state index contributed by atoms with van der Waals surface area (Å²) in [6, 6.07) is 0. The molecule has 0 unspecified atom stereocenters. The molecule has 1 aliphatic heterocycles. The molecule has 10 N–H and O–H groups in total. The number of hydrogen-bond donors (Lipinski definition) is 6. The number of nitrogens with two attached hydrogens (primary N) is 4. The maximum absolute atomic E-state index is 9.20. The Bertz CT molecular complexity index is 455. The second-order valence-electron chi connectivity index (χ2n) is 3.22. The fourth-order valence-corrected chi connectivity index (χ4v) is 1.44. The average Bonchev–Trinajstić information content (AvgIpc) is 2.23. The Kier molecular flexibility index (Phi) is 1.77. The van der Waals surface area contributed by atoms with E-state index in [2.05, 4.69) is 5.43 Å². The highest BCUT2D eigenvalue weighted by Crippen LogP contribution is 2.42. The monoisotopic (exact) mass is 208 g/mol. The molecule has 7 heteroatoms. The SMILES string of the molecule is Nc1c(N)c(N)c2c(c1N)C=CN(O)N2. The fraction of sp³-hybridized carbons (Fsp3) is 0. The molecule has 0 radical (unpaired) electrons. The average molecular weight is 208 g/mol. The summed E-state index contributed by atoms with van der Waals surface area (Å²) in [6.45, 7) is 0. The van der Waals surface area contributed by atoms with Crippen LogP contribution >= 0.6 is 0 Å². The van der Waals surface area contributed by atoms with Crippen molar-refractivity contribution in [3.8, 4) is 0 Å². The zero-order valence-electron chi connectivity index (χ0n) is 7.86. The molecule has 0 aromatic heterocycles. The molecule has 2 rings (SSSR count). The topological polar surface area (TPSA) is 140 Å². The maximum Gasteiger partial charge on any atom is 0.0911 e. The number of hydroxylamine groups is 1. The molecule has 0 bridgehead atoms. The highest BCUT2D eigenvalue weighted by atomic mass is 16.5. The highest BCUT2D eigenvalue weighted by molar-refractivity contribution is 6.01. The van der Waals surface area contributed by atoms with Gasteiger partial charge in [0.1, 0.15) is 0 Å². The highest BCUT2D eigenvalue weighted by Gasteiger charge is 2.19. The van der Waals surface area contributed by atoms with Gasteiger partial charge in [-0.15, -0.1) is 0 Å². The van der Waals surface area contributed by atoms with Crippen molar-refractivity contribution in [1.82, 2.24) is 5.17 Å². The summed E-state index contributed by atoms with van der Waals surface area (Å²) in [6.07, 6.45) is 2.97. The summed E-state index contributed by atoms with van der Waals surface area (Å²) in [5, 5.41) is 9.96. The van der Waals surface area contributed by atoms with Gasteiger partial charge < -0.3 is 22.9 Å². The Morgan fingerprint density at radius 3 is 2.27 bits per heavy atom.